The van der Waals surface area contributed by atoms with Gasteiger partial charge in [-0.25, -0.2) is 4.98 Å². The fourth-order valence-corrected chi connectivity index (χ4v) is 5.13. The second-order valence-electron chi connectivity index (χ2n) is 9.05. The van der Waals surface area contributed by atoms with Gasteiger partial charge in [0, 0.05) is 42.0 Å². The van der Waals surface area contributed by atoms with Crippen LogP contribution < -0.4 is 10.3 Å². The van der Waals surface area contributed by atoms with Gasteiger partial charge in [0.2, 0.25) is 0 Å². The number of aromatic hydroxyl groups is 1. The third-order valence-corrected chi connectivity index (χ3v) is 6.93. The van der Waals surface area contributed by atoms with Gasteiger partial charge in [0.1, 0.15) is 17.0 Å². The van der Waals surface area contributed by atoms with E-state index in [0.717, 1.165) is 48.4 Å². The number of piperidine rings is 1. The molecule has 0 spiro atoms. The Morgan fingerprint density at radius 3 is 2.48 bits per heavy atom. The molecule has 2 atom stereocenters. The second-order valence-corrected chi connectivity index (χ2v) is 9.05. The maximum Gasteiger partial charge on any atom is 0.189 e. The van der Waals surface area contributed by atoms with Crippen LogP contribution in [0.15, 0.2) is 21.3 Å². The first-order valence-corrected chi connectivity index (χ1v) is 10.8. The maximum atomic E-state index is 13.2. The molecule has 0 saturated carbocycles. The van der Waals surface area contributed by atoms with Crippen molar-refractivity contribution in [2.45, 2.75) is 64.7 Å². The van der Waals surface area contributed by atoms with Crippen molar-refractivity contribution in [2.24, 2.45) is 0 Å². The molecule has 1 fully saturated rings. The van der Waals surface area contributed by atoms with Gasteiger partial charge in [0.15, 0.2) is 16.8 Å². The second kappa shape index (κ2) is 6.48. The van der Waals surface area contributed by atoms with Crippen LogP contribution >= 0.6 is 0 Å². The van der Waals surface area contributed by atoms with Gasteiger partial charge in [-0.05, 0) is 42.6 Å². The van der Waals surface area contributed by atoms with Crippen molar-refractivity contribution in [2.75, 3.05) is 18.0 Å². The summed E-state index contributed by atoms with van der Waals surface area (Å²) in [5.74, 6) is 1.26. The van der Waals surface area contributed by atoms with Crippen molar-refractivity contribution < 1.29 is 9.52 Å². The zero-order valence-corrected chi connectivity index (χ0v) is 17.6. The zero-order chi connectivity index (χ0) is 20.4. The fourth-order valence-electron chi connectivity index (χ4n) is 5.13. The van der Waals surface area contributed by atoms with Gasteiger partial charge in [-0.2, -0.15) is 0 Å². The summed E-state index contributed by atoms with van der Waals surface area (Å²) in [5, 5.41) is 10.8. The van der Waals surface area contributed by atoms with Crippen LogP contribution in [0.5, 0.6) is 5.75 Å². The molecule has 5 heteroatoms. The monoisotopic (exact) mass is 392 g/mol. The molecule has 0 radical (unpaired) electrons. The molecule has 0 amide bonds. The van der Waals surface area contributed by atoms with E-state index in [4.69, 9.17) is 9.40 Å². The fraction of sp³-hybridized carbons (Fsp3) is 0.500. The average molecular weight is 392 g/mol. The van der Waals surface area contributed by atoms with Crippen molar-refractivity contribution in [3.05, 3.63) is 39.0 Å². The number of phenols is 1. The third-order valence-electron chi connectivity index (χ3n) is 6.93. The Morgan fingerprint density at radius 2 is 1.79 bits per heavy atom. The minimum atomic E-state index is 0.0419. The molecule has 1 aromatic carbocycles. The van der Waals surface area contributed by atoms with Gasteiger partial charge in [-0.15, -0.1) is 0 Å². The zero-order valence-electron chi connectivity index (χ0n) is 17.6. The van der Waals surface area contributed by atoms with E-state index in [1.165, 1.54) is 6.42 Å². The number of hydrogen-bond donors (Lipinski definition) is 1. The summed E-state index contributed by atoms with van der Waals surface area (Å²) < 4.78 is 6.34. The minimum Gasteiger partial charge on any atom is -0.505 e. The van der Waals surface area contributed by atoms with E-state index < -0.39 is 0 Å². The highest BCUT2D eigenvalue weighted by molar-refractivity contribution is 5.87. The molecular formula is C24H28N2O3. The van der Waals surface area contributed by atoms with E-state index in [2.05, 4.69) is 18.7 Å². The van der Waals surface area contributed by atoms with Crippen molar-refractivity contribution in [1.29, 1.82) is 0 Å². The first-order chi connectivity index (χ1) is 13.9. The normalized spacial score (nSPS) is 21.6. The number of hydrogen-bond acceptors (Lipinski definition) is 5. The van der Waals surface area contributed by atoms with Crippen LogP contribution in [-0.4, -0.2) is 23.2 Å². The summed E-state index contributed by atoms with van der Waals surface area (Å²) in [4.78, 5) is 20.4. The topological polar surface area (TPSA) is 66.6 Å². The molecule has 2 heterocycles. The highest BCUT2D eigenvalue weighted by Gasteiger charge is 2.41. The lowest BCUT2D eigenvalue weighted by atomic mass is 9.66. The molecule has 4 aliphatic rings. The molecule has 2 aliphatic carbocycles. The molecule has 152 valence electrons. The van der Waals surface area contributed by atoms with Gasteiger partial charge in [0.25, 0.3) is 0 Å². The predicted octanol–water partition coefficient (Wildman–Crippen LogP) is 5.33. The van der Waals surface area contributed by atoms with Crippen LogP contribution in [-0.2, 0) is 0 Å². The van der Waals surface area contributed by atoms with Crippen LogP contribution in [0.25, 0.3) is 22.6 Å². The van der Waals surface area contributed by atoms with E-state index in [1.807, 2.05) is 19.9 Å². The van der Waals surface area contributed by atoms with E-state index in [9.17, 15) is 9.90 Å². The van der Waals surface area contributed by atoms with Gasteiger partial charge in [-0.1, -0.05) is 27.7 Å². The molecule has 2 aliphatic heterocycles. The molecule has 1 N–H and O–H groups in total. The summed E-state index contributed by atoms with van der Waals surface area (Å²) in [5.41, 5.74) is 5.39. The van der Waals surface area contributed by atoms with E-state index in [-0.39, 0.29) is 28.9 Å². The smallest absolute Gasteiger partial charge is 0.189 e. The Hall–Kier alpha value is -2.56. The predicted molar refractivity (Wildman–Crippen MR) is 116 cm³/mol. The number of phenolic OH excluding ortho intramolecular Hbond substituents is 1. The average Bonchev–Trinajstić information content (AvgIpc) is 2.71. The number of nitrogens with zero attached hydrogens (tertiary/aromatic N) is 2. The molecule has 0 bridgehead atoms. The first-order valence-electron chi connectivity index (χ1n) is 10.8. The van der Waals surface area contributed by atoms with Crippen LogP contribution in [0.1, 0.15) is 81.4 Å². The number of rotatable bonds is 2. The van der Waals surface area contributed by atoms with Crippen molar-refractivity contribution >= 4 is 16.8 Å². The van der Waals surface area contributed by atoms with Gasteiger partial charge < -0.3 is 14.4 Å². The van der Waals surface area contributed by atoms with Crippen LogP contribution in [0, 0.1) is 0 Å². The van der Waals surface area contributed by atoms with Gasteiger partial charge in [-0.3, -0.25) is 4.79 Å². The number of benzene rings is 2. The minimum absolute atomic E-state index is 0.0419. The van der Waals surface area contributed by atoms with Crippen molar-refractivity contribution in [3.8, 4) is 17.2 Å². The molecular weight excluding hydrogens is 364 g/mol. The molecule has 1 aromatic rings. The molecule has 5 rings (SSSR count). The summed E-state index contributed by atoms with van der Waals surface area (Å²) in [6.45, 7) is 10.2. The molecule has 1 saturated heterocycles. The maximum absolute atomic E-state index is 13.2. The standard InChI is InChI=1S/C24H28N2O3/c1-12(2)18-23(28)20-14(4)13(3)19(20)22-24(18)29-17-11-15(10-16(27)21(17)25-22)26-8-6-5-7-9-26/h10-14,27H,5-9H2,1-4H3/t13-,14+/m0/s1. The number of anilines is 1. The lowest BCUT2D eigenvalue weighted by molar-refractivity contribution is 0.476. The Balaban J connectivity index is 1.80. The van der Waals surface area contributed by atoms with Gasteiger partial charge in [0.05, 0.1) is 0 Å². The van der Waals surface area contributed by atoms with Crippen LogP contribution in [0.3, 0.4) is 0 Å². The highest BCUT2D eigenvalue weighted by atomic mass is 16.3. The third kappa shape index (κ3) is 2.59. The Morgan fingerprint density at radius 1 is 1.10 bits per heavy atom. The largest absolute Gasteiger partial charge is 0.505 e. The first kappa shape index (κ1) is 18.5. The Bertz CT molecular complexity index is 1140. The van der Waals surface area contributed by atoms with E-state index >= 15 is 0 Å². The molecule has 0 aromatic heterocycles. The van der Waals surface area contributed by atoms with Crippen molar-refractivity contribution in [1.82, 2.24) is 4.98 Å². The molecule has 5 nitrogen and oxygen atoms in total. The van der Waals surface area contributed by atoms with Crippen LogP contribution in [0.4, 0.5) is 5.69 Å². The molecule has 0 unspecified atom stereocenters. The highest BCUT2D eigenvalue weighted by Crippen LogP contribution is 2.51. The van der Waals surface area contributed by atoms with Crippen LogP contribution in [0.2, 0.25) is 0 Å². The number of aromatic nitrogens is 1. The summed E-state index contributed by atoms with van der Waals surface area (Å²) >= 11 is 0. The van der Waals surface area contributed by atoms with Gasteiger partial charge >= 0.3 is 0 Å². The lowest BCUT2D eigenvalue weighted by Gasteiger charge is -2.37. The SMILES string of the molecule is CC(C)c1c2oc3cc(N4CCCCC4)cc(O)c3nc-2c2c(c1=O)[C@H](C)[C@@H]2C. The van der Waals surface area contributed by atoms with E-state index in [1.54, 1.807) is 6.07 Å². The number of fused-ring (bicyclic) bond motifs is 4. The lowest BCUT2D eigenvalue weighted by Crippen LogP contribution is -2.33. The summed E-state index contributed by atoms with van der Waals surface area (Å²) in [6.07, 6.45) is 3.56. The molecule has 29 heavy (non-hydrogen) atoms. The summed E-state index contributed by atoms with van der Waals surface area (Å²) in [6, 6.07) is 3.76. The van der Waals surface area contributed by atoms with Crippen molar-refractivity contribution in [3.63, 3.8) is 0 Å². The summed E-state index contributed by atoms with van der Waals surface area (Å²) in [7, 11) is 0. The quantitative estimate of drug-likeness (QED) is 0.597. The van der Waals surface area contributed by atoms with E-state index in [0.29, 0.717) is 22.4 Å². The Kier molecular flexibility index (Phi) is 4.12. The Labute approximate surface area is 170 Å².